The van der Waals surface area contributed by atoms with Crippen molar-refractivity contribution in [2.75, 3.05) is 17.6 Å². The standard InChI is InChI=1S/C2H4Cl2.CH3Br/c3-1-2-4;1-2/h1-2H2;1H3. The summed E-state index contributed by atoms with van der Waals surface area (Å²) in [4.78, 5) is 0. The van der Waals surface area contributed by atoms with Crippen LogP contribution in [-0.2, 0) is 0 Å². The zero-order valence-electron chi connectivity index (χ0n) is 3.55. The molecule has 0 unspecified atom stereocenters. The quantitative estimate of drug-likeness (QED) is 0.562. The first kappa shape index (κ1) is 10.1. The lowest BCUT2D eigenvalue weighted by Crippen LogP contribution is -1.63. The smallest absolute Gasteiger partial charge is 0.0359 e. The van der Waals surface area contributed by atoms with Crippen LogP contribution in [0.1, 0.15) is 0 Å². The van der Waals surface area contributed by atoms with E-state index in [1.54, 1.807) is 0 Å². The highest BCUT2D eigenvalue weighted by Gasteiger charge is 1.61. The van der Waals surface area contributed by atoms with E-state index in [-0.39, 0.29) is 0 Å². The Labute approximate surface area is 56.9 Å². The Bertz CT molecular complexity index is 10.8. The molecule has 0 aromatic rings. The van der Waals surface area contributed by atoms with E-state index in [4.69, 9.17) is 23.2 Å². The van der Waals surface area contributed by atoms with Crippen LogP contribution in [0.15, 0.2) is 0 Å². The molecule has 40 valence electrons. The second-order valence-electron chi connectivity index (χ2n) is 0.378. The molecule has 0 radical (unpaired) electrons. The molecule has 0 nitrogen and oxygen atoms in total. The SMILES string of the molecule is CBr.ClCCCl. The average molecular weight is 194 g/mol. The van der Waals surface area contributed by atoms with Gasteiger partial charge in [0.25, 0.3) is 0 Å². The summed E-state index contributed by atoms with van der Waals surface area (Å²) >= 11 is 13.0. The Hall–Kier alpha value is 1.06. The highest BCUT2D eigenvalue weighted by Crippen LogP contribution is 1.75. The molecule has 0 atom stereocenters. The van der Waals surface area contributed by atoms with E-state index < -0.39 is 0 Å². The minimum Gasteiger partial charge on any atom is -0.125 e. The largest absolute Gasteiger partial charge is 0.125 e. The number of halogens is 3. The lowest BCUT2D eigenvalue weighted by atomic mass is 11.0. The second-order valence-corrected chi connectivity index (χ2v) is 1.13. The van der Waals surface area contributed by atoms with Crippen molar-refractivity contribution in [2.45, 2.75) is 0 Å². The average Bonchev–Trinajstić information content (AvgIpc) is 1.72. The molecule has 0 heterocycles. The van der Waals surface area contributed by atoms with Crippen LogP contribution in [0.2, 0.25) is 0 Å². The van der Waals surface area contributed by atoms with Crippen molar-refractivity contribution in [2.24, 2.45) is 0 Å². The van der Waals surface area contributed by atoms with Crippen LogP contribution in [0.5, 0.6) is 0 Å². The molecular formula is C3H7BrCl2. The van der Waals surface area contributed by atoms with Gasteiger partial charge in [-0.15, -0.1) is 23.2 Å². The van der Waals surface area contributed by atoms with Crippen molar-refractivity contribution in [3.8, 4) is 0 Å². The maximum Gasteiger partial charge on any atom is 0.0359 e. The fourth-order valence-electron chi connectivity index (χ4n) is 0. The third-order valence-corrected chi connectivity index (χ3v) is 0.643. The molecule has 0 saturated carbocycles. The Balaban J connectivity index is 0. The molecule has 0 aliphatic carbocycles. The maximum atomic E-state index is 5.05. The Morgan fingerprint density at radius 1 is 1.17 bits per heavy atom. The molecule has 0 N–H and O–H groups in total. The molecule has 0 aromatic heterocycles. The van der Waals surface area contributed by atoms with E-state index in [2.05, 4.69) is 15.9 Å². The molecule has 0 amide bonds. The zero-order valence-corrected chi connectivity index (χ0v) is 6.65. The topological polar surface area (TPSA) is 0 Å². The van der Waals surface area contributed by atoms with Crippen molar-refractivity contribution < 1.29 is 0 Å². The van der Waals surface area contributed by atoms with Gasteiger partial charge in [-0.3, -0.25) is 0 Å². The lowest BCUT2D eigenvalue weighted by molar-refractivity contribution is 1.52. The monoisotopic (exact) mass is 192 g/mol. The van der Waals surface area contributed by atoms with E-state index in [0.29, 0.717) is 11.8 Å². The van der Waals surface area contributed by atoms with Crippen molar-refractivity contribution in [3.05, 3.63) is 0 Å². The van der Waals surface area contributed by atoms with Crippen molar-refractivity contribution in [3.63, 3.8) is 0 Å². The van der Waals surface area contributed by atoms with Crippen molar-refractivity contribution >= 4 is 39.1 Å². The molecule has 6 heavy (non-hydrogen) atoms. The zero-order chi connectivity index (χ0) is 5.41. The predicted molar refractivity (Wildman–Crippen MR) is 36.3 cm³/mol. The number of hydrogen-bond donors (Lipinski definition) is 0. The first-order chi connectivity index (χ1) is 2.91. The van der Waals surface area contributed by atoms with Gasteiger partial charge in [0, 0.05) is 11.8 Å². The molecule has 0 aliphatic heterocycles. The van der Waals surface area contributed by atoms with Gasteiger partial charge >= 0.3 is 0 Å². The first-order valence-electron chi connectivity index (χ1n) is 1.41. The van der Waals surface area contributed by atoms with E-state index in [1.807, 2.05) is 5.83 Å². The van der Waals surface area contributed by atoms with Gasteiger partial charge in [0.15, 0.2) is 0 Å². The van der Waals surface area contributed by atoms with Gasteiger partial charge in [-0.2, -0.15) is 0 Å². The van der Waals surface area contributed by atoms with Gasteiger partial charge in [0.2, 0.25) is 0 Å². The minimum atomic E-state index is 0.557. The third-order valence-electron chi connectivity index (χ3n) is 0.0714. The van der Waals surface area contributed by atoms with Crippen LogP contribution in [0.25, 0.3) is 0 Å². The summed E-state index contributed by atoms with van der Waals surface area (Å²) < 4.78 is 0. The molecule has 0 bridgehead atoms. The van der Waals surface area contributed by atoms with E-state index >= 15 is 0 Å². The van der Waals surface area contributed by atoms with Crippen LogP contribution >= 0.6 is 39.1 Å². The fourth-order valence-corrected chi connectivity index (χ4v) is 0. The van der Waals surface area contributed by atoms with Crippen LogP contribution in [0.3, 0.4) is 0 Å². The van der Waals surface area contributed by atoms with E-state index in [1.165, 1.54) is 0 Å². The summed E-state index contributed by atoms with van der Waals surface area (Å²) in [5, 5.41) is 0. The van der Waals surface area contributed by atoms with Crippen LogP contribution < -0.4 is 0 Å². The Morgan fingerprint density at radius 3 is 1.33 bits per heavy atom. The summed E-state index contributed by atoms with van der Waals surface area (Å²) in [6.45, 7) is 0. The van der Waals surface area contributed by atoms with E-state index in [0.717, 1.165) is 0 Å². The summed E-state index contributed by atoms with van der Waals surface area (Å²) in [6, 6.07) is 0. The fraction of sp³-hybridized carbons (Fsp3) is 1.00. The molecule has 0 aromatic carbocycles. The van der Waals surface area contributed by atoms with Crippen LogP contribution in [0.4, 0.5) is 0 Å². The lowest BCUT2D eigenvalue weighted by Gasteiger charge is -1.63. The van der Waals surface area contributed by atoms with Gasteiger partial charge < -0.3 is 0 Å². The summed E-state index contributed by atoms with van der Waals surface area (Å²) in [5.74, 6) is 2.93. The van der Waals surface area contributed by atoms with Crippen LogP contribution in [-0.4, -0.2) is 17.6 Å². The molecule has 3 heteroatoms. The number of rotatable bonds is 1. The number of hydrogen-bond acceptors (Lipinski definition) is 0. The van der Waals surface area contributed by atoms with Gasteiger partial charge in [-0.25, -0.2) is 0 Å². The van der Waals surface area contributed by atoms with Gasteiger partial charge in [-0.05, 0) is 5.83 Å². The maximum absolute atomic E-state index is 5.05. The predicted octanol–water partition coefficient (Wildman–Crippen LogP) is 2.48. The van der Waals surface area contributed by atoms with Gasteiger partial charge in [-0.1, -0.05) is 15.9 Å². The first-order valence-corrected chi connectivity index (χ1v) is 4.07. The summed E-state index contributed by atoms with van der Waals surface area (Å²) in [6.07, 6.45) is 0. The summed E-state index contributed by atoms with van der Waals surface area (Å²) in [5.41, 5.74) is 0. The second kappa shape index (κ2) is 16.6. The Morgan fingerprint density at radius 2 is 1.33 bits per heavy atom. The van der Waals surface area contributed by atoms with Crippen LogP contribution in [0, 0.1) is 0 Å². The molecule has 0 aliphatic rings. The van der Waals surface area contributed by atoms with Gasteiger partial charge in [0.05, 0.1) is 0 Å². The molecule has 0 spiro atoms. The van der Waals surface area contributed by atoms with E-state index in [9.17, 15) is 0 Å². The molecule has 0 rings (SSSR count). The molecule has 0 fully saturated rings. The Kier molecular flexibility index (Phi) is 28.0. The third kappa shape index (κ3) is 19.7. The number of alkyl halides is 3. The summed E-state index contributed by atoms with van der Waals surface area (Å²) in [7, 11) is 0. The normalized spacial score (nSPS) is 6.00. The highest BCUT2D eigenvalue weighted by molar-refractivity contribution is 9.08. The minimum absolute atomic E-state index is 0.557. The molecular weight excluding hydrogens is 187 g/mol. The van der Waals surface area contributed by atoms with Crippen molar-refractivity contribution in [1.29, 1.82) is 0 Å². The van der Waals surface area contributed by atoms with Crippen molar-refractivity contribution in [1.82, 2.24) is 0 Å². The highest BCUT2D eigenvalue weighted by atomic mass is 79.9. The molecule has 0 saturated heterocycles. The van der Waals surface area contributed by atoms with Gasteiger partial charge in [0.1, 0.15) is 0 Å².